The van der Waals surface area contributed by atoms with Crippen molar-refractivity contribution in [1.82, 2.24) is 0 Å². The average molecular weight is 426 g/mol. The molecular formula is C26H35NO4. The lowest BCUT2D eigenvalue weighted by Gasteiger charge is -2.18. The highest BCUT2D eigenvalue weighted by Crippen LogP contribution is 2.23. The van der Waals surface area contributed by atoms with Crippen molar-refractivity contribution in [3.63, 3.8) is 0 Å². The number of benzene rings is 2. The van der Waals surface area contributed by atoms with Gasteiger partial charge in [0.2, 0.25) is 0 Å². The van der Waals surface area contributed by atoms with E-state index >= 15 is 0 Å². The lowest BCUT2D eigenvalue weighted by Crippen LogP contribution is -2.30. The lowest BCUT2D eigenvalue weighted by atomic mass is 10.0. The second kappa shape index (κ2) is 12.8. The standard InChI is InChI=1S/C26H35NO4/c1-5-8-9-10-18-30-23-16-14-22(15-17-23)26(29)31-19(4)25(28)27-24-20(6-2)12-11-13-21(24)7-3/h11-17,19H,5-10,18H2,1-4H3,(H,27,28)/t19-/m0/s1. The van der Waals surface area contributed by atoms with E-state index in [9.17, 15) is 9.59 Å². The Morgan fingerprint density at radius 2 is 1.55 bits per heavy atom. The number of aryl methyl sites for hydroxylation is 2. The number of nitrogens with one attached hydrogen (secondary N) is 1. The van der Waals surface area contributed by atoms with Crippen LogP contribution in [0.3, 0.4) is 0 Å². The molecule has 1 atom stereocenters. The zero-order valence-electron chi connectivity index (χ0n) is 19.2. The van der Waals surface area contributed by atoms with Gasteiger partial charge in [0.1, 0.15) is 5.75 Å². The van der Waals surface area contributed by atoms with E-state index in [0.717, 1.165) is 48.2 Å². The molecular weight excluding hydrogens is 390 g/mol. The summed E-state index contributed by atoms with van der Waals surface area (Å²) < 4.78 is 11.1. The third kappa shape index (κ3) is 7.42. The van der Waals surface area contributed by atoms with E-state index in [0.29, 0.717) is 12.2 Å². The van der Waals surface area contributed by atoms with Crippen molar-refractivity contribution < 1.29 is 19.1 Å². The molecule has 1 N–H and O–H groups in total. The molecule has 0 unspecified atom stereocenters. The molecule has 2 rings (SSSR count). The van der Waals surface area contributed by atoms with Crippen molar-refractivity contribution in [1.29, 1.82) is 0 Å². The maximum Gasteiger partial charge on any atom is 0.338 e. The van der Waals surface area contributed by atoms with E-state index in [1.165, 1.54) is 12.8 Å². The molecule has 0 saturated heterocycles. The summed E-state index contributed by atoms with van der Waals surface area (Å²) in [4.78, 5) is 25.1. The highest BCUT2D eigenvalue weighted by molar-refractivity contribution is 5.98. The third-order valence-corrected chi connectivity index (χ3v) is 5.26. The maximum atomic E-state index is 12.7. The molecule has 0 radical (unpaired) electrons. The summed E-state index contributed by atoms with van der Waals surface area (Å²) in [6.45, 7) is 8.52. The Morgan fingerprint density at radius 3 is 2.13 bits per heavy atom. The van der Waals surface area contributed by atoms with Crippen LogP contribution in [0.15, 0.2) is 42.5 Å². The molecule has 1 amide bonds. The molecule has 5 nitrogen and oxygen atoms in total. The van der Waals surface area contributed by atoms with Crippen LogP contribution in [0.5, 0.6) is 5.75 Å². The average Bonchev–Trinajstić information content (AvgIpc) is 2.79. The van der Waals surface area contributed by atoms with E-state index in [-0.39, 0.29) is 5.91 Å². The SMILES string of the molecule is CCCCCCOc1ccc(C(=O)O[C@@H](C)C(=O)Nc2c(CC)cccc2CC)cc1. The second-order valence-corrected chi connectivity index (χ2v) is 7.63. The zero-order chi connectivity index (χ0) is 22.6. The molecule has 0 spiro atoms. The van der Waals surface area contributed by atoms with Gasteiger partial charge in [-0.25, -0.2) is 4.79 Å². The fourth-order valence-electron chi connectivity index (χ4n) is 3.32. The van der Waals surface area contributed by atoms with E-state index in [4.69, 9.17) is 9.47 Å². The second-order valence-electron chi connectivity index (χ2n) is 7.63. The summed E-state index contributed by atoms with van der Waals surface area (Å²) in [5.74, 6) is -0.144. The molecule has 0 aliphatic rings. The number of rotatable bonds is 12. The van der Waals surface area contributed by atoms with Gasteiger partial charge in [-0.3, -0.25) is 4.79 Å². The molecule has 0 aliphatic carbocycles. The van der Waals surface area contributed by atoms with Gasteiger partial charge in [-0.05, 0) is 61.6 Å². The summed E-state index contributed by atoms with van der Waals surface area (Å²) in [7, 11) is 0. The Hall–Kier alpha value is -2.82. The first-order valence-electron chi connectivity index (χ1n) is 11.4. The Morgan fingerprint density at radius 1 is 0.903 bits per heavy atom. The number of hydrogen-bond donors (Lipinski definition) is 1. The Labute approximate surface area is 186 Å². The van der Waals surface area contributed by atoms with Crippen LogP contribution >= 0.6 is 0 Å². The predicted octanol–water partition coefficient (Wildman–Crippen LogP) is 5.95. The first-order chi connectivity index (χ1) is 15.0. The van der Waals surface area contributed by atoms with Crippen LogP contribution in [0.4, 0.5) is 5.69 Å². The van der Waals surface area contributed by atoms with Gasteiger partial charge in [0.05, 0.1) is 12.2 Å². The van der Waals surface area contributed by atoms with Crippen LogP contribution < -0.4 is 10.1 Å². The number of esters is 1. The highest BCUT2D eigenvalue weighted by Gasteiger charge is 2.21. The molecule has 5 heteroatoms. The van der Waals surface area contributed by atoms with Gasteiger partial charge in [0.15, 0.2) is 6.10 Å². The summed E-state index contributed by atoms with van der Waals surface area (Å²) in [6, 6.07) is 12.8. The van der Waals surface area contributed by atoms with Crippen molar-refractivity contribution >= 4 is 17.6 Å². The molecule has 0 bridgehead atoms. The Kier molecular flexibility index (Phi) is 10.1. The molecule has 2 aromatic carbocycles. The molecule has 0 aliphatic heterocycles. The van der Waals surface area contributed by atoms with Crippen molar-refractivity contribution in [3.05, 3.63) is 59.2 Å². The quantitative estimate of drug-likeness (QED) is 0.337. The van der Waals surface area contributed by atoms with Gasteiger partial charge in [-0.2, -0.15) is 0 Å². The number of ether oxygens (including phenoxy) is 2. The lowest BCUT2D eigenvalue weighted by molar-refractivity contribution is -0.123. The number of unbranched alkanes of at least 4 members (excludes halogenated alkanes) is 3. The van der Waals surface area contributed by atoms with Crippen LogP contribution in [-0.2, 0) is 22.4 Å². The van der Waals surface area contributed by atoms with Crippen LogP contribution in [-0.4, -0.2) is 24.6 Å². The van der Waals surface area contributed by atoms with Gasteiger partial charge < -0.3 is 14.8 Å². The number of hydrogen-bond acceptors (Lipinski definition) is 4. The van der Waals surface area contributed by atoms with Crippen LogP contribution in [0.25, 0.3) is 0 Å². The largest absolute Gasteiger partial charge is 0.494 e. The van der Waals surface area contributed by atoms with Crippen molar-refractivity contribution in [2.24, 2.45) is 0 Å². The normalized spacial score (nSPS) is 11.6. The molecule has 0 saturated carbocycles. The third-order valence-electron chi connectivity index (χ3n) is 5.26. The van der Waals surface area contributed by atoms with E-state index < -0.39 is 12.1 Å². The van der Waals surface area contributed by atoms with E-state index in [1.807, 2.05) is 32.0 Å². The van der Waals surface area contributed by atoms with E-state index in [1.54, 1.807) is 31.2 Å². The van der Waals surface area contributed by atoms with Crippen LogP contribution in [0, 0.1) is 0 Å². The Bertz CT molecular complexity index is 823. The van der Waals surface area contributed by atoms with Gasteiger partial charge in [0, 0.05) is 5.69 Å². The number of carbonyl (C=O) groups excluding carboxylic acids is 2. The smallest absolute Gasteiger partial charge is 0.338 e. The fraction of sp³-hybridized carbons (Fsp3) is 0.462. The minimum Gasteiger partial charge on any atom is -0.494 e. The number of carbonyl (C=O) groups is 2. The monoisotopic (exact) mass is 425 g/mol. The molecule has 31 heavy (non-hydrogen) atoms. The van der Waals surface area contributed by atoms with Gasteiger partial charge >= 0.3 is 5.97 Å². The molecule has 0 aromatic heterocycles. The molecule has 168 valence electrons. The summed E-state index contributed by atoms with van der Waals surface area (Å²) in [6.07, 6.45) is 5.29. The molecule has 0 fully saturated rings. The zero-order valence-corrected chi connectivity index (χ0v) is 19.2. The van der Waals surface area contributed by atoms with Crippen molar-refractivity contribution in [2.45, 2.75) is 72.3 Å². The first kappa shape index (κ1) is 24.4. The highest BCUT2D eigenvalue weighted by atomic mass is 16.5. The van der Waals surface area contributed by atoms with Gasteiger partial charge in [0.25, 0.3) is 5.91 Å². The number of para-hydroxylation sites is 1. The number of amides is 1. The minimum absolute atomic E-state index is 0.337. The van der Waals surface area contributed by atoms with Crippen molar-refractivity contribution in [2.75, 3.05) is 11.9 Å². The summed E-state index contributed by atoms with van der Waals surface area (Å²) in [5.41, 5.74) is 3.34. The summed E-state index contributed by atoms with van der Waals surface area (Å²) >= 11 is 0. The fourth-order valence-corrected chi connectivity index (χ4v) is 3.32. The maximum absolute atomic E-state index is 12.7. The van der Waals surface area contributed by atoms with Gasteiger partial charge in [-0.15, -0.1) is 0 Å². The molecule has 2 aromatic rings. The van der Waals surface area contributed by atoms with Crippen LogP contribution in [0.1, 0.15) is 74.9 Å². The first-order valence-corrected chi connectivity index (χ1v) is 11.4. The minimum atomic E-state index is -0.906. The van der Waals surface area contributed by atoms with Gasteiger partial charge in [-0.1, -0.05) is 58.2 Å². The Balaban J connectivity index is 1.91. The number of anilines is 1. The van der Waals surface area contributed by atoms with E-state index in [2.05, 4.69) is 12.2 Å². The molecule has 0 heterocycles. The summed E-state index contributed by atoms with van der Waals surface area (Å²) in [5, 5.41) is 2.95. The van der Waals surface area contributed by atoms with Crippen LogP contribution in [0.2, 0.25) is 0 Å². The van der Waals surface area contributed by atoms with Crippen molar-refractivity contribution in [3.8, 4) is 5.75 Å². The topological polar surface area (TPSA) is 64.6 Å². The predicted molar refractivity (Wildman–Crippen MR) is 125 cm³/mol.